The summed E-state index contributed by atoms with van der Waals surface area (Å²) in [6.07, 6.45) is 4.13. The van der Waals surface area contributed by atoms with Gasteiger partial charge in [-0.15, -0.1) is 0 Å². The van der Waals surface area contributed by atoms with Gasteiger partial charge in [0, 0.05) is 24.2 Å². The van der Waals surface area contributed by atoms with E-state index in [1.807, 2.05) is 0 Å². The van der Waals surface area contributed by atoms with Gasteiger partial charge in [-0.1, -0.05) is 19.4 Å². The molecule has 0 saturated heterocycles. The van der Waals surface area contributed by atoms with Gasteiger partial charge in [-0.25, -0.2) is 9.59 Å². The van der Waals surface area contributed by atoms with E-state index in [4.69, 9.17) is 4.74 Å². The second kappa shape index (κ2) is 6.41. The molecule has 4 aliphatic carbocycles. The zero-order valence-electron chi connectivity index (χ0n) is 17.2. The molecule has 3 fully saturated rings. The molecule has 0 aromatic carbocycles. The highest BCUT2D eigenvalue weighted by molar-refractivity contribution is 5.93. The Hall–Kier alpha value is -2.18. The summed E-state index contributed by atoms with van der Waals surface area (Å²) in [5.74, 6) is -1.29. The maximum Gasteiger partial charge on any atom is 0.509 e. The van der Waals surface area contributed by atoms with Crippen molar-refractivity contribution >= 4 is 23.7 Å². The van der Waals surface area contributed by atoms with Gasteiger partial charge in [0.1, 0.15) is 5.78 Å². The van der Waals surface area contributed by atoms with Crippen molar-refractivity contribution in [1.82, 2.24) is 0 Å². The fourth-order valence-corrected chi connectivity index (χ4v) is 7.12. The summed E-state index contributed by atoms with van der Waals surface area (Å²) in [5.41, 5.74) is -2.01. The average molecular weight is 404 g/mol. The number of rotatable bonds is 2. The molecule has 1 unspecified atom stereocenters. The van der Waals surface area contributed by atoms with Crippen LogP contribution < -0.4 is 0 Å². The minimum Gasteiger partial charge on any atom is -0.478 e. The average Bonchev–Trinajstić information content (AvgIpc) is 2.94. The number of ketones is 2. The highest BCUT2D eigenvalue weighted by atomic mass is 16.7. The second-order valence-corrected chi connectivity index (χ2v) is 9.63. The zero-order valence-corrected chi connectivity index (χ0v) is 17.2. The Morgan fingerprint density at radius 1 is 1.14 bits per heavy atom. The van der Waals surface area contributed by atoms with Gasteiger partial charge >= 0.3 is 12.1 Å². The van der Waals surface area contributed by atoms with Gasteiger partial charge in [-0.2, -0.15) is 0 Å². The summed E-state index contributed by atoms with van der Waals surface area (Å²) < 4.78 is 9.98. The standard InChI is InChI=1S/C22H28O7/c1-20-8-6-13(23)10-12(20)4-5-14-15-7-9-22(18(25)26,29-19(27)28-3)21(15,2)11-16(24)17(14)20/h10,14-15,17H,4-9,11H2,1-3H3,(H,25,26)/t14-,15-,17-,20-,21-,22?/m0/s1. The predicted octanol–water partition coefficient (Wildman–Crippen LogP) is 3.30. The minimum absolute atomic E-state index is 0.0252. The van der Waals surface area contributed by atoms with E-state index in [0.717, 1.165) is 25.5 Å². The summed E-state index contributed by atoms with van der Waals surface area (Å²) in [5, 5.41) is 10.1. The summed E-state index contributed by atoms with van der Waals surface area (Å²) in [7, 11) is 1.15. The van der Waals surface area contributed by atoms with E-state index in [1.165, 1.54) is 0 Å². The monoisotopic (exact) mass is 404 g/mol. The Morgan fingerprint density at radius 2 is 1.86 bits per heavy atom. The first-order chi connectivity index (χ1) is 13.6. The van der Waals surface area contributed by atoms with Crippen LogP contribution in [0.15, 0.2) is 11.6 Å². The Balaban J connectivity index is 1.75. The summed E-state index contributed by atoms with van der Waals surface area (Å²) in [6, 6.07) is 0. The molecule has 0 spiro atoms. The fraction of sp³-hybridized carbons (Fsp3) is 0.727. The lowest BCUT2D eigenvalue weighted by molar-refractivity contribution is -0.186. The first kappa shape index (κ1) is 20.1. The molecule has 0 amide bonds. The van der Waals surface area contributed by atoms with E-state index in [2.05, 4.69) is 11.7 Å². The Bertz CT molecular complexity index is 829. The SMILES string of the molecule is COC(=O)OC1(C(=O)O)CC[C@H]2[C@@H]3CCC4=CC(=O)CC[C@]4(C)[C@@H]3C(=O)C[C@@]21C. The van der Waals surface area contributed by atoms with Gasteiger partial charge in [0.25, 0.3) is 0 Å². The smallest absolute Gasteiger partial charge is 0.478 e. The van der Waals surface area contributed by atoms with Crippen molar-refractivity contribution < 1.29 is 33.8 Å². The van der Waals surface area contributed by atoms with Crippen LogP contribution in [0.1, 0.15) is 58.8 Å². The number of carbonyl (C=O) groups is 4. The summed E-state index contributed by atoms with van der Waals surface area (Å²) in [4.78, 5) is 49.7. The Kier molecular flexibility index (Phi) is 4.44. The minimum atomic E-state index is -1.76. The van der Waals surface area contributed by atoms with Crippen LogP contribution in [0, 0.1) is 28.6 Å². The van der Waals surface area contributed by atoms with Crippen LogP contribution in [0.4, 0.5) is 4.79 Å². The third-order valence-electron chi connectivity index (χ3n) is 8.54. The fourth-order valence-electron chi connectivity index (χ4n) is 7.12. The van der Waals surface area contributed by atoms with E-state index in [9.17, 15) is 24.3 Å². The first-order valence-electron chi connectivity index (χ1n) is 10.4. The van der Waals surface area contributed by atoms with Gasteiger partial charge in [0.15, 0.2) is 5.78 Å². The largest absolute Gasteiger partial charge is 0.509 e. The van der Waals surface area contributed by atoms with Gasteiger partial charge < -0.3 is 14.6 Å². The van der Waals surface area contributed by atoms with Crippen molar-refractivity contribution in [2.75, 3.05) is 7.11 Å². The van der Waals surface area contributed by atoms with Crippen molar-refractivity contribution in [2.24, 2.45) is 28.6 Å². The van der Waals surface area contributed by atoms with Crippen molar-refractivity contribution in [3.63, 3.8) is 0 Å². The highest BCUT2D eigenvalue weighted by Crippen LogP contribution is 2.67. The van der Waals surface area contributed by atoms with E-state index < -0.39 is 23.1 Å². The van der Waals surface area contributed by atoms with Crippen LogP contribution in [0.3, 0.4) is 0 Å². The third-order valence-corrected chi connectivity index (χ3v) is 8.54. The van der Waals surface area contributed by atoms with Gasteiger partial charge in [0.05, 0.1) is 7.11 Å². The maximum absolute atomic E-state index is 13.5. The zero-order chi connectivity index (χ0) is 21.2. The number of carboxylic acid groups (broad SMARTS) is 1. The second-order valence-electron chi connectivity index (χ2n) is 9.63. The molecule has 158 valence electrons. The number of fused-ring (bicyclic) bond motifs is 5. The number of carboxylic acids is 1. The first-order valence-corrected chi connectivity index (χ1v) is 10.4. The number of carbonyl (C=O) groups excluding carboxylic acids is 3. The number of allylic oxidation sites excluding steroid dienone is 1. The van der Waals surface area contributed by atoms with Crippen LogP contribution >= 0.6 is 0 Å². The maximum atomic E-state index is 13.5. The molecule has 0 bridgehead atoms. The molecule has 7 nitrogen and oxygen atoms in total. The van der Waals surface area contributed by atoms with E-state index in [-0.39, 0.29) is 47.6 Å². The van der Waals surface area contributed by atoms with Crippen LogP contribution in [-0.4, -0.2) is 41.5 Å². The topological polar surface area (TPSA) is 107 Å². The number of Topliss-reactive ketones (excluding diaryl/α,β-unsaturated/α-hetero) is 1. The molecule has 0 aromatic heterocycles. The molecule has 4 aliphatic rings. The van der Waals surface area contributed by atoms with Gasteiger partial charge in [0.2, 0.25) is 5.60 Å². The van der Waals surface area contributed by atoms with Crippen LogP contribution in [0.2, 0.25) is 0 Å². The van der Waals surface area contributed by atoms with Crippen molar-refractivity contribution in [1.29, 1.82) is 0 Å². The Morgan fingerprint density at radius 3 is 2.52 bits per heavy atom. The van der Waals surface area contributed by atoms with Crippen LogP contribution in [0.5, 0.6) is 0 Å². The molecular formula is C22H28O7. The number of methoxy groups -OCH3 is 1. The van der Waals surface area contributed by atoms with Crippen molar-refractivity contribution in [3.8, 4) is 0 Å². The normalized spacial score (nSPS) is 43.6. The number of aliphatic carboxylic acids is 1. The lowest BCUT2D eigenvalue weighted by Gasteiger charge is -2.57. The van der Waals surface area contributed by atoms with Crippen molar-refractivity contribution in [3.05, 3.63) is 11.6 Å². The van der Waals surface area contributed by atoms with Crippen molar-refractivity contribution in [2.45, 2.75) is 64.4 Å². The third kappa shape index (κ3) is 2.55. The Labute approximate surface area is 169 Å². The number of hydrogen-bond acceptors (Lipinski definition) is 6. The molecule has 0 aliphatic heterocycles. The molecule has 1 N–H and O–H groups in total. The highest BCUT2D eigenvalue weighted by Gasteiger charge is 2.71. The van der Waals surface area contributed by atoms with E-state index in [1.54, 1.807) is 13.0 Å². The molecule has 0 aromatic rings. The summed E-state index contributed by atoms with van der Waals surface area (Å²) in [6.45, 7) is 3.88. The number of ether oxygens (including phenoxy) is 2. The number of hydrogen-bond donors (Lipinski definition) is 1. The molecular weight excluding hydrogens is 376 g/mol. The molecule has 4 rings (SSSR count). The predicted molar refractivity (Wildman–Crippen MR) is 101 cm³/mol. The molecule has 0 heterocycles. The summed E-state index contributed by atoms with van der Waals surface area (Å²) >= 11 is 0. The molecule has 7 heteroatoms. The quantitative estimate of drug-likeness (QED) is 0.704. The molecule has 29 heavy (non-hydrogen) atoms. The van der Waals surface area contributed by atoms with Gasteiger partial charge in [-0.05, 0) is 55.4 Å². The van der Waals surface area contributed by atoms with E-state index >= 15 is 0 Å². The molecule has 3 saturated carbocycles. The van der Waals surface area contributed by atoms with Crippen LogP contribution in [-0.2, 0) is 23.9 Å². The molecule has 0 radical (unpaired) electrons. The lowest BCUT2D eigenvalue weighted by Crippen LogP contribution is -2.61. The van der Waals surface area contributed by atoms with E-state index in [0.29, 0.717) is 19.3 Å². The van der Waals surface area contributed by atoms with Crippen LogP contribution in [0.25, 0.3) is 0 Å². The molecule has 6 atom stereocenters. The lowest BCUT2D eigenvalue weighted by atomic mass is 9.46. The van der Waals surface area contributed by atoms with Gasteiger partial charge in [-0.3, -0.25) is 9.59 Å².